The Labute approximate surface area is 153 Å². The standard InChI is InChI=1S/C20H24FN3O2/c1-4-6-17(26)23-15-7-5-8-24(10-15)20-16(21)9-14(11-25)19-18(20)12(2)13(3)22-19/h9,11-13,15,22H,5,7-8,10H2,1-3H3,(H,23,26). The normalized spacial score (nSPS) is 24.2. The van der Waals surface area contributed by atoms with E-state index in [9.17, 15) is 14.0 Å². The molecule has 1 aromatic rings. The molecule has 5 nitrogen and oxygen atoms in total. The number of nitrogens with one attached hydrogen (secondary N) is 2. The van der Waals surface area contributed by atoms with Crippen LogP contribution < -0.4 is 15.5 Å². The van der Waals surface area contributed by atoms with Crippen LogP contribution >= 0.6 is 0 Å². The Bertz CT molecular complexity index is 796. The molecule has 2 heterocycles. The topological polar surface area (TPSA) is 61.4 Å². The lowest BCUT2D eigenvalue weighted by molar-refractivity contribution is -0.116. The maximum Gasteiger partial charge on any atom is 0.296 e. The number of rotatable bonds is 3. The van der Waals surface area contributed by atoms with Crippen molar-refractivity contribution in [1.82, 2.24) is 5.32 Å². The third-order valence-electron chi connectivity index (χ3n) is 5.34. The molecule has 0 radical (unpaired) electrons. The summed E-state index contributed by atoms with van der Waals surface area (Å²) in [5, 5.41) is 6.22. The zero-order valence-electron chi connectivity index (χ0n) is 15.4. The number of piperidine rings is 1. The molecule has 2 aliphatic rings. The number of benzene rings is 1. The van der Waals surface area contributed by atoms with Crippen molar-refractivity contribution in [2.24, 2.45) is 0 Å². The number of aldehydes is 1. The number of hydrogen-bond donors (Lipinski definition) is 2. The van der Waals surface area contributed by atoms with Crippen LogP contribution in [0.4, 0.5) is 15.8 Å². The Morgan fingerprint density at radius 2 is 2.23 bits per heavy atom. The second-order valence-corrected chi connectivity index (χ2v) is 7.06. The Morgan fingerprint density at radius 1 is 1.46 bits per heavy atom. The lowest BCUT2D eigenvalue weighted by Crippen LogP contribution is -2.48. The van der Waals surface area contributed by atoms with Gasteiger partial charge < -0.3 is 15.5 Å². The van der Waals surface area contributed by atoms with E-state index < -0.39 is 0 Å². The highest BCUT2D eigenvalue weighted by Gasteiger charge is 2.35. The van der Waals surface area contributed by atoms with Crippen LogP contribution in [0.15, 0.2) is 6.07 Å². The summed E-state index contributed by atoms with van der Waals surface area (Å²) < 4.78 is 14.9. The van der Waals surface area contributed by atoms with Crippen molar-refractivity contribution >= 4 is 23.6 Å². The van der Waals surface area contributed by atoms with Gasteiger partial charge in [0, 0.05) is 42.2 Å². The second-order valence-electron chi connectivity index (χ2n) is 7.06. The minimum atomic E-state index is -0.381. The molecular weight excluding hydrogens is 333 g/mol. The van der Waals surface area contributed by atoms with Crippen LogP contribution in [0.3, 0.4) is 0 Å². The molecule has 0 bridgehead atoms. The number of carbonyl (C=O) groups is 2. The molecule has 26 heavy (non-hydrogen) atoms. The van der Waals surface area contributed by atoms with Crippen LogP contribution in [-0.4, -0.2) is 37.4 Å². The second kappa shape index (κ2) is 7.36. The van der Waals surface area contributed by atoms with Gasteiger partial charge >= 0.3 is 0 Å². The van der Waals surface area contributed by atoms with Crippen molar-refractivity contribution in [3.63, 3.8) is 0 Å². The summed E-state index contributed by atoms with van der Waals surface area (Å²) >= 11 is 0. The lowest BCUT2D eigenvalue weighted by atomic mass is 9.93. The first kappa shape index (κ1) is 18.2. The molecule has 1 fully saturated rings. The SMILES string of the molecule is CC#CC(=O)NC1CCCN(c2c(F)cc(C=O)c3c2C(C)C(C)N3)C1. The summed E-state index contributed by atoms with van der Waals surface area (Å²) in [4.78, 5) is 25.1. The Hall–Kier alpha value is -2.55. The lowest BCUT2D eigenvalue weighted by Gasteiger charge is -2.36. The third-order valence-corrected chi connectivity index (χ3v) is 5.34. The molecule has 3 atom stereocenters. The molecule has 0 spiro atoms. The zero-order chi connectivity index (χ0) is 18.8. The van der Waals surface area contributed by atoms with Gasteiger partial charge in [-0.3, -0.25) is 9.59 Å². The van der Waals surface area contributed by atoms with Gasteiger partial charge in [-0.05, 0) is 38.7 Å². The van der Waals surface area contributed by atoms with Gasteiger partial charge in [-0.25, -0.2) is 4.39 Å². The van der Waals surface area contributed by atoms with Crippen molar-refractivity contribution in [1.29, 1.82) is 0 Å². The number of nitrogens with zero attached hydrogens (tertiary/aromatic N) is 1. The Kier molecular flexibility index (Phi) is 5.17. The van der Waals surface area contributed by atoms with E-state index in [-0.39, 0.29) is 29.7 Å². The molecule has 3 rings (SSSR count). The van der Waals surface area contributed by atoms with Crippen LogP contribution in [-0.2, 0) is 4.79 Å². The average molecular weight is 357 g/mol. The van der Waals surface area contributed by atoms with Gasteiger partial charge in [0.15, 0.2) is 6.29 Å². The van der Waals surface area contributed by atoms with E-state index >= 15 is 0 Å². The zero-order valence-corrected chi connectivity index (χ0v) is 15.4. The molecule has 1 saturated heterocycles. The highest BCUT2D eigenvalue weighted by atomic mass is 19.1. The van der Waals surface area contributed by atoms with E-state index in [2.05, 4.69) is 22.5 Å². The van der Waals surface area contributed by atoms with Crippen molar-refractivity contribution in [2.75, 3.05) is 23.3 Å². The largest absolute Gasteiger partial charge is 0.381 e. The van der Waals surface area contributed by atoms with Crippen LogP contribution in [0, 0.1) is 17.7 Å². The maximum absolute atomic E-state index is 14.9. The molecule has 0 aromatic heterocycles. The third kappa shape index (κ3) is 3.26. The van der Waals surface area contributed by atoms with Crippen molar-refractivity contribution < 1.29 is 14.0 Å². The highest BCUT2D eigenvalue weighted by Crippen LogP contribution is 2.45. The van der Waals surface area contributed by atoms with Gasteiger partial charge in [0.25, 0.3) is 5.91 Å². The summed E-state index contributed by atoms with van der Waals surface area (Å²) in [5.74, 6) is 4.49. The van der Waals surface area contributed by atoms with Crippen molar-refractivity contribution in [3.8, 4) is 11.8 Å². The molecule has 2 N–H and O–H groups in total. The van der Waals surface area contributed by atoms with E-state index in [4.69, 9.17) is 0 Å². The van der Waals surface area contributed by atoms with E-state index in [1.165, 1.54) is 6.07 Å². The fourth-order valence-electron chi connectivity index (χ4n) is 3.93. The molecule has 3 unspecified atom stereocenters. The first-order valence-corrected chi connectivity index (χ1v) is 9.02. The van der Waals surface area contributed by atoms with Gasteiger partial charge in [-0.2, -0.15) is 0 Å². The summed E-state index contributed by atoms with van der Waals surface area (Å²) in [5.41, 5.74) is 2.51. The maximum atomic E-state index is 14.9. The predicted molar refractivity (Wildman–Crippen MR) is 100 cm³/mol. The summed E-state index contributed by atoms with van der Waals surface area (Å²) in [6.07, 6.45) is 2.39. The van der Waals surface area contributed by atoms with Gasteiger partial charge in [-0.1, -0.05) is 12.8 Å². The van der Waals surface area contributed by atoms with E-state index in [0.29, 0.717) is 24.1 Å². The Morgan fingerprint density at radius 3 is 2.92 bits per heavy atom. The number of fused-ring (bicyclic) bond motifs is 1. The first-order valence-electron chi connectivity index (χ1n) is 9.02. The molecule has 6 heteroatoms. The first-order chi connectivity index (χ1) is 12.5. The van der Waals surface area contributed by atoms with Gasteiger partial charge in [-0.15, -0.1) is 0 Å². The number of anilines is 2. The van der Waals surface area contributed by atoms with Crippen LogP contribution in [0.5, 0.6) is 0 Å². The number of amides is 1. The smallest absolute Gasteiger partial charge is 0.296 e. The number of carbonyl (C=O) groups excluding carboxylic acids is 2. The number of hydrogen-bond acceptors (Lipinski definition) is 4. The van der Waals surface area contributed by atoms with E-state index in [1.807, 2.05) is 18.7 Å². The monoisotopic (exact) mass is 357 g/mol. The molecule has 0 saturated carbocycles. The summed E-state index contributed by atoms with van der Waals surface area (Å²) in [6, 6.07) is 1.37. The minimum Gasteiger partial charge on any atom is -0.381 e. The summed E-state index contributed by atoms with van der Waals surface area (Å²) in [7, 11) is 0. The number of halogens is 1. The van der Waals surface area contributed by atoms with Gasteiger partial charge in [0.05, 0.1) is 11.4 Å². The van der Waals surface area contributed by atoms with Crippen LogP contribution in [0.1, 0.15) is 55.5 Å². The van der Waals surface area contributed by atoms with Crippen LogP contribution in [0.25, 0.3) is 0 Å². The van der Waals surface area contributed by atoms with Crippen LogP contribution in [0.2, 0.25) is 0 Å². The molecule has 0 aliphatic carbocycles. The molecule has 2 aliphatic heterocycles. The minimum absolute atomic E-state index is 0.0695. The fraction of sp³-hybridized carbons (Fsp3) is 0.500. The van der Waals surface area contributed by atoms with E-state index in [1.54, 1.807) is 6.92 Å². The highest BCUT2D eigenvalue weighted by molar-refractivity contribution is 5.93. The molecular formula is C20H24FN3O2. The average Bonchev–Trinajstić information content (AvgIpc) is 2.90. The summed E-state index contributed by atoms with van der Waals surface area (Å²) in [6.45, 7) is 6.94. The predicted octanol–water partition coefficient (Wildman–Crippen LogP) is 2.66. The van der Waals surface area contributed by atoms with Gasteiger partial charge in [0.1, 0.15) is 5.82 Å². The molecule has 1 aromatic carbocycles. The van der Waals surface area contributed by atoms with Crippen molar-refractivity contribution in [2.45, 2.75) is 51.6 Å². The molecule has 138 valence electrons. The quantitative estimate of drug-likeness (QED) is 0.645. The molecule has 1 amide bonds. The van der Waals surface area contributed by atoms with Gasteiger partial charge in [0.2, 0.25) is 0 Å². The van der Waals surface area contributed by atoms with E-state index in [0.717, 1.165) is 30.6 Å². The fourth-order valence-corrected chi connectivity index (χ4v) is 3.93. The Balaban J connectivity index is 1.94. The van der Waals surface area contributed by atoms with Crippen molar-refractivity contribution in [3.05, 3.63) is 23.0 Å².